The fraction of sp³-hybridized carbons (Fsp3) is 0.588. The van der Waals surface area contributed by atoms with Gasteiger partial charge >= 0.3 is 6.03 Å². The van der Waals surface area contributed by atoms with Crippen LogP contribution in [-0.4, -0.2) is 41.8 Å². The van der Waals surface area contributed by atoms with Gasteiger partial charge in [-0.15, -0.1) is 0 Å². The summed E-state index contributed by atoms with van der Waals surface area (Å²) in [6, 6.07) is 7.27. The highest BCUT2D eigenvalue weighted by Gasteiger charge is 2.16. The maximum absolute atomic E-state index is 12.0. The Kier molecular flexibility index (Phi) is 6.21. The zero-order chi connectivity index (χ0) is 15.9. The molecule has 0 aromatic heterocycles. The zero-order valence-electron chi connectivity index (χ0n) is 13.4. The molecular weight excluding hydrogens is 280 g/mol. The molecule has 1 aromatic carbocycles. The highest BCUT2D eigenvalue weighted by atomic mass is 16.5. The molecule has 2 amide bonds. The van der Waals surface area contributed by atoms with Crippen molar-refractivity contribution >= 4 is 11.7 Å². The molecule has 0 aliphatic heterocycles. The van der Waals surface area contributed by atoms with Crippen molar-refractivity contribution in [3.05, 3.63) is 29.8 Å². The predicted octanol–water partition coefficient (Wildman–Crippen LogP) is 2.99. The van der Waals surface area contributed by atoms with Gasteiger partial charge in [-0.3, -0.25) is 0 Å². The van der Waals surface area contributed by atoms with Crippen molar-refractivity contribution in [1.82, 2.24) is 4.90 Å². The molecule has 1 saturated carbocycles. The topological polar surface area (TPSA) is 61.8 Å². The first-order valence-electron chi connectivity index (χ1n) is 7.95. The van der Waals surface area contributed by atoms with Crippen LogP contribution in [0.3, 0.4) is 0 Å². The van der Waals surface area contributed by atoms with Gasteiger partial charge in [0.25, 0.3) is 0 Å². The van der Waals surface area contributed by atoms with Gasteiger partial charge in [-0.05, 0) is 37.5 Å². The second-order valence-electron chi connectivity index (χ2n) is 5.99. The molecule has 5 nitrogen and oxygen atoms in total. The lowest BCUT2D eigenvalue weighted by Gasteiger charge is -2.23. The van der Waals surface area contributed by atoms with Gasteiger partial charge in [0.15, 0.2) is 0 Å². The standard InChI is InChI=1S/C17H26N2O3/c1-13(11-20)19(2)17(21)18-15-9-7-14(8-10-15)12-22-16-5-3-4-6-16/h7-10,13,16,20H,3-6,11-12H2,1-2H3,(H,18,21). The summed E-state index contributed by atoms with van der Waals surface area (Å²) in [4.78, 5) is 13.5. The van der Waals surface area contributed by atoms with E-state index in [-0.39, 0.29) is 18.7 Å². The number of nitrogens with zero attached hydrogens (tertiary/aromatic N) is 1. The molecule has 0 spiro atoms. The molecule has 1 aromatic rings. The van der Waals surface area contributed by atoms with E-state index in [1.54, 1.807) is 14.0 Å². The van der Waals surface area contributed by atoms with Gasteiger partial charge in [-0.2, -0.15) is 0 Å². The van der Waals surface area contributed by atoms with E-state index in [0.717, 1.165) is 11.3 Å². The van der Waals surface area contributed by atoms with Crippen LogP contribution in [0.5, 0.6) is 0 Å². The number of urea groups is 1. The third-order valence-corrected chi connectivity index (χ3v) is 4.24. The Morgan fingerprint density at radius 3 is 2.59 bits per heavy atom. The lowest BCUT2D eigenvalue weighted by molar-refractivity contribution is 0.0457. The Hall–Kier alpha value is -1.59. The summed E-state index contributed by atoms with van der Waals surface area (Å²) in [5.74, 6) is 0. The van der Waals surface area contributed by atoms with Gasteiger partial charge in [0.05, 0.1) is 25.4 Å². The van der Waals surface area contributed by atoms with Crippen LogP contribution in [0.2, 0.25) is 0 Å². The zero-order valence-corrected chi connectivity index (χ0v) is 13.4. The highest BCUT2D eigenvalue weighted by molar-refractivity contribution is 5.89. The van der Waals surface area contributed by atoms with Gasteiger partial charge in [-0.1, -0.05) is 25.0 Å². The Morgan fingerprint density at radius 2 is 2.00 bits per heavy atom. The van der Waals surface area contributed by atoms with Crippen LogP contribution < -0.4 is 5.32 Å². The number of anilines is 1. The minimum Gasteiger partial charge on any atom is -0.394 e. The number of carbonyl (C=O) groups excluding carboxylic acids is 1. The third kappa shape index (κ3) is 4.71. The van der Waals surface area contributed by atoms with Gasteiger partial charge in [-0.25, -0.2) is 4.79 Å². The summed E-state index contributed by atoms with van der Waals surface area (Å²) in [5, 5.41) is 11.9. The lowest BCUT2D eigenvalue weighted by atomic mass is 10.2. The van der Waals surface area contributed by atoms with E-state index in [9.17, 15) is 4.79 Å². The van der Waals surface area contributed by atoms with E-state index in [0.29, 0.717) is 12.7 Å². The van der Waals surface area contributed by atoms with Crippen LogP contribution in [0.1, 0.15) is 38.2 Å². The molecule has 2 rings (SSSR count). The summed E-state index contributed by atoms with van der Waals surface area (Å²) in [6.45, 7) is 2.37. The number of ether oxygens (including phenoxy) is 1. The van der Waals surface area contributed by atoms with E-state index in [1.165, 1.54) is 30.6 Å². The first kappa shape index (κ1) is 16.8. The van der Waals surface area contributed by atoms with Gasteiger partial charge in [0, 0.05) is 12.7 Å². The Labute approximate surface area is 132 Å². The normalized spacial score (nSPS) is 16.5. The fourth-order valence-corrected chi connectivity index (χ4v) is 2.49. The average molecular weight is 306 g/mol. The SMILES string of the molecule is CC(CO)N(C)C(=O)Nc1ccc(COC2CCCC2)cc1. The molecule has 0 saturated heterocycles. The smallest absolute Gasteiger partial charge is 0.321 e. The first-order chi connectivity index (χ1) is 10.6. The van der Waals surface area contributed by atoms with E-state index < -0.39 is 0 Å². The van der Waals surface area contributed by atoms with E-state index in [1.807, 2.05) is 24.3 Å². The second kappa shape index (κ2) is 8.15. The molecular formula is C17H26N2O3. The Bertz CT molecular complexity index is 469. The van der Waals surface area contributed by atoms with Crippen molar-refractivity contribution in [3.63, 3.8) is 0 Å². The minimum absolute atomic E-state index is 0.0542. The fourth-order valence-electron chi connectivity index (χ4n) is 2.49. The maximum Gasteiger partial charge on any atom is 0.321 e. The summed E-state index contributed by atoms with van der Waals surface area (Å²) >= 11 is 0. The lowest BCUT2D eigenvalue weighted by Crippen LogP contribution is -2.40. The van der Waals surface area contributed by atoms with E-state index in [4.69, 9.17) is 9.84 Å². The van der Waals surface area contributed by atoms with Gasteiger partial charge in [0.1, 0.15) is 0 Å². The summed E-state index contributed by atoms with van der Waals surface area (Å²) < 4.78 is 5.87. The molecule has 1 aliphatic carbocycles. The monoisotopic (exact) mass is 306 g/mol. The molecule has 5 heteroatoms. The van der Waals surface area contributed by atoms with E-state index >= 15 is 0 Å². The summed E-state index contributed by atoms with van der Waals surface area (Å²) in [6.07, 6.45) is 5.30. The minimum atomic E-state index is -0.225. The molecule has 22 heavy (non-hydrogen) atoms. The number of carbonyl (C=O) groups is 1. The van der Waals surface area contributed by atoms with Crippen molar-refractivity contribution in [1.29, 1.82) is 0 Å². The predicted molar refractivity (Wildman–Crippen MR) is 86.8 cm³/mol. The quantitative estimate of drug-likeness (QED) is 0.849. The number of amides is 2. The molecule has 0 radical (unpaired) electrons. The number of rotatable bonds is 6. The van der Waals surface area contributed by atoms with Crippen molar-refractivity contribution in [3.8, 4) is 0 Å². The van der Waals surface area contributed by atoms with Crippen LogP contribution in [0.4, 0.5) is 10.5 Å². The van der Waals surface area contributed by atoms with Gasteiger partial charge < -0.3 is 20.1 Å². The average Bonchev–Trinajstić information content (AvgIpc) is 3.06. The summed E-state index contributed by atoms with van der Waals surface area (Å²) in [7, 11) is 1.67. The number of likely N-dealkylation sites (N-methyl/N-ethyl adjacent to an activating group) is 1. The Morgan fingerprint density at radius 1 is 1.36 bits per heavy atom. The van der Waals surface area contributed by atoms with Crippen molar-refractivity contribution in [2.45, 2.75) is 51.4 Å². The number of aliphatic hydroxyl groups is 1. The molecule has 1 atom stereocenters. The second-order valence-corrected chi connectivity index (χ2v) is 5.99. The maximum atomic E-state index is 12.0. The molecule has 0 bridgehead atoms. The van der Waals surface area contributed by atoms with Crippen molar-refractivity contribution in [2.75, 3.05) is 19.0 Å². The van der Waals surface area contributed by atoms with Gasteiger partial charge in [0.2, 0.25) is 0 Å². The Balaban J connectivity index is 1.82. The van der Waals surface area contributed by atoms with Crippen LogP contribution in [0, 0.1) is 0 Å². The van der Waals surface area contributed by atoms with E-state index in [2.05, 4.69) is 5.32 Å². The number of nitrogens with one attached hydrogen (secondary N) is 1. The highest BCUT2D eigenvalue weighted by Crippen LogP contribution is 2.22. The number of aliphatic hydroxyl groups excluding tert-OH is 1. The largest absolute Gasteiger partial charge is 0.394 e. The third-order valence-electron chi connectivity index (χ3n) is 4.24. The summed E-state index contributed by atoms with van der Waals surface area (Å²) in [5.41, 5.74) is 1.86. The van der Waals surface area contributed by atoms with Crippen LogP contribution in [0.25, 0.3) is 0 Å². The molecule has 122 valence electrons. The number of hydrogen-bond donors (Lipinski definition) is 2. The molecule has 1 unspecified atom stereocenters. The van der Waals surface area contributed by atoms with Crippen molar-refractivity contribution in [2.24, 2.45) is 0 Å². The number of benzene rings is 1. The van der Waals surface area contributed by atoms with Crippen LogP contribution >= 0.6 is 0 Å². The molecule has 0 heterocycles. The van der Waals surface area contributed by atoms with Crippen LogP contribution in [0.15, 0.2) is 24.3 Å². The molecule has 2 N–H and O–H groups in total. The van der Waals surface area contributed by atoms with Crippen LogP contribution in [-0.2, 0) is 11.3 Å². The molecule has 1 fully saturated rings. The number of hydrogen-bond acceptors (Lipinski definition) is 3. The first-order valence-corrected chi connectivity index (χ1v) is 7.95. The van der Waals surface area contributed by atoms with Crippen molar-refractivity contribution < 1.29 is 14.6 Å². The molecule has 1 aliphatic rings.